The highest BCUT2D eigenvalue weighted by Gasteiger charge is 2.20. The van der Waals surface area contributed by atoms with Crippen LogP contribution < -0.4 is 11.1 Å². The summed E-state index contributed by atoms with van der Waals surface area (Å²) in [5.41, 5.74) is 6.73. The Morgan fingerprint density at radius 3 is 2.59 bits per heavy atom. The zero-order chi connectivity index (χ0) is 13.2. The molecule has 0 aromatic carbocycles. The summed E-state index contributed by atoms with van der Waals surface area (Å²) in [6.45, 7) is 10.2. The molecule has 5 heteroatoms. The van der Waals surface area contributed by atoms with Gasteiger partial charge in [0, 0.05) is 12.6 Å². The first-order valence-electron chi connectivity index (χ1n) is 6.09. The van der Waals surface area contributed by atoms with Crippen LogP contribution in [-0.2, 0) is 0 Å². The molecule has 98 valence electrons. The minimum absolute atomic E-state index is 0.236. The molecule has 0 aliphatic heterocycles. The molecule has 0 saturated heterocycles. The first kappa shape index (κ1) is 13.8. The second-order valence-electron chi connectivity index (χ2n) is 5.09. The topological polar surface area (TPSA) is 76.1 Å². The molecule has 1 aromatic rings. The van der Waals surface area contributed by atoms with Gasteiger partial charge in [0.25, 0.3) is 0 Å². The molecule has 1 unspecified atom stereocenters. The molecule has 0 spiro atoms. The van der Waals surface area contributed by atoms with Crippen LogP contribution in [0, 0.1) is 6.92 Å². The maximum Gasteiger partial charge on any atom is 0.148 e. The normalized spacial score (nSPS) is 15.0. The minimum Gasteiger partial charge on any atom is -0.394 e. The van der Waals surface area contributed by atoms with Gasteiger partial charge in [0.05, 0.1) is 17.0 Å². The molecule has 4 N–H and O–H groups in total. The van der Waals surface area contributed by atoms with Crippen molar-refractivity contribution in [2.45, 2.75) is 52.7 Å². The average Bonchev–Trinajstić information content (AvgIpc) is 2.53. The summed E-state index contributed by atoms with van der Waals surface area (Å²) in [5, 5.41) is 17.6. The van der Waals surface area contributed by atoms with Crippen LogP contribution in [0.5, 0.6) is 0 Å². The summed E-state index contributed by atoms with van der Waals surface area (Å²) >= 11 is 0. The number of nitrogens with two attached hydrogens (primary N) is 1. The van der Waals surface area contributed by atoms with Crippen LogP contribution in [-0.4, -0.2) is 27.0 Å². The Morgan fingerprint density at radius 2 is 2.12 bits per heavy atom. The Kier molecular flexibility index (Phi) is 4.03. The molecule has 1 atom stereocenters. The lowest BCUT2D eigenvalue weighted by Crippen LogP contribution is -2.33. The Labute approximate surface area is 103 Å². The average molecular weight is 240 g/mol. The summed E-state index contributed by atoms with van der Waals surface area (Å²) in [6.07, 6.45) is 0.689. The largest absolute Gasteiger partial charge is 0.394 e. The Bertz CT molecular complexity index is 382. The van der Waals surface area contributed by atoms with Gasteiger partial charge in [0.2, 0.25) is 0 Å². The van der Waals surface area contributed by atoms with Crippen molar-refractivity contribution < 1.29 is 5.11 Å². The summed E-state index contributed by atoms with van der Waals surface area (Å²) in [4.78, 5) is 0. The van der Waals surface area contributed by atoms with Crippen LogP contribution >= 0.6 is 0 Å². The molecule has 1 heterocycles. The summed E-state index contributed by atoms with van der Waals surface area (Å²) in [6, 6.07) is 0.236. The van der Waals surface area contributed by atoms with E-state index in [9.17, 15) is 5.11 Å². The molecule has 0 radical (unpaired) electrons. The minimum atomic E-state index is -0.730. The number of aromatic nitrogens is 2. The monoisotopic (exact) mass is 240 g/mol. The van der Waals surface area contributed by atoms with E-state index in [2.05, 4.69) is 24.3 Å². The molecule has 0 bridgehead atoms. The fourth-order valence-corrected chi connectivity index (χ4v) is 1.51. The highest BCUT2D eigenvalue weighted by molar-refractivity contribution is 5.65. The zero-order valence-corrected chi connectivity index (χ0v) is 11.4. The SMILES string of the molecule is CCC(C)(O)CNc1c(N)c(C)nn1C(C)C. The third-order valence-electron chi connectivity index (χ3n) is 3.02. The van der Waals surface area contributed by atoms with Crippen molar-refractivity contribution in [3.63, 3.8) is 0 Å². The molecule has 1 rings (SSSR count). The Morgan fingerprint density at radius 1 is 1.53 bits per heavy atom. The van der Waals surface area contributed by atoms with Gasteiger partial charge in [0.15, 0.2) is 0 Å². The van der Waals surface area contributed by atoms with E-state index in [-0.39, 0.29) is 6.04 Å². The lowest BCUT2D eigenvalue weighted by molar-refractivity contribution is 0.0695. The number of aliphatic hydroxyl groups is 1. The van der Waals surface area contributed by atoms with Crippen LogP contribution in [0.15, 0.2) is 0 Å². The van der Waals surface area contributed by atoms with Crippen molar-refractivity contribution in [2.75, 3.05) is 17.6 Å². The van der Waals surface area contributed by atoms with E-state index in [1.54, 1.807) is 6.92 Å². The number of nitrogens with one attached hydrogen (secondary N) is 1. The first-order chi connectivity index (χ1) is 7.78. The van der Waals surface area contributed by atoms with Crippen LogP contribution in [0.1, 0.15) is 45.9 Å². The molecule has 1 aromatic heterocycles. The van der Waals surface area contributed by atoms with Crippen molar-refractivity contribution >= 4 is 11.5 Å². The van der Waals surface area contributed by atoms with Gasteiger partial charge >= 0.3 is 0 Å². The standard InChI is InChI=1S/C12H24N4O/c1-6-12(5,17)7-14-11-10(13)9(4)15-16(11)8(2)3/h8,14,17H,6-7,13H2,1-5H3. The van der Waals surface area contributed by atoms with Crippen molar-refractivity contribution in [1.29, 1.82) is 0 Å². The van der Waals surface area contributed by atoms with Gasteiger partial charge in [-0.3, -0.25) is 0 Å². The van der Waals surface area contributed by atoms with Gasteiger partial charge in [0.1, 0.15) is 5.82 Å². The number of nitrogens with zero attached hydrogens (tertiary/aromatic N) is 2. The van der Waals surface area contributed by atoms with Crippen LogP contribution in [0.25, 0.3) is 0 Å². The molecular formula is C12H24N4O. The second kappa shape index (κ2) is 4.96. The van der Waals surface area contributed by atoms with E-state index in [0.717, 1.165) is 11.5 Å². The van der Waals surface area contributed by atoms with Gasteiger partial charge in [-0.15, -0.1) is 0 Å². The predicted octanol–water partition coefficient (Wildman–Crippen LogP) is 1.93. The van der Waals surface area contributed by atoms with Crippen molar-refractivity contribution in [3.05, 3.63) is 5.69 Å². The van der Waals surface area contributed by atoms with Crippen LogP contribution in [0.2, 0.25) is 0 Å². The van der Waals surface area contributed by atoms with Crippen molar-refractivity contribution in [2.24, 2.45) is 0 Å². The molecular weight excluding hydrogens is 216 g/mol. The van der Waals surface area contributed by atoms with Crippen molar-refractivity contribution in [1.82, 2.24) is 9.78 Å². The second-order valence-corrected chi connectivity index (χ2v) is 5.09. The van der Waals surface area contributed by atoms with Gasteiger partial charge in [-0.2, -0.15) is 5.10 Å². The molecule has 0 aliphatic carbocycles. The number of nitrogen functional groups attached to an aromatic ring is 1. The predicted molar refractivity (Wildman–Crippen MR) is 71.2 cm³/mol. The summed E-state index contributed by atoms with van der Waals surface area (Å²) in [5.74, 6) is 0.797. The quantitative estimate of drug-likeness (QED) is 0.735. The number of hydrogen-bond donors (Lipinski definition) is 3. The third kappa shape index (κ3) is 3.12. The maximum absolute atomic E-state index is 9.98. The Balaban J connectivity index is 2.90. The smallest absolute Gasteiger partial charge is 0.148 e. The van der Waals surface area contributed by atoms with E-state index in [1.165, 1.54) is 0 Å². The fraction of sp³-hybridized carbons (Fsp3) is 0.750. The van der Waals surface area contributed by atoms with E-state index in [0.29, 0.717) is 18.7 Å². The number of anilines is 2. The van der Waals surface area contributed by atoms with Gasteiger partial charge in [-0.05, 0) is 34.1 Å². The molecule has 0 amide bonds. The van der Waals surface area contributed by atoms with E-state index >= 15 is 0 Å². The third-order valence-corrected chi connectivity index (χ3v) is 3.02. The molecule has 0 aliphatic rings. The van der Waals surface area contributed by atoms with Crippen LogP contribution in [0.4, 0.5) is 11.5 Å². The van der Waals surface area contributed by atoms with E-state index in [1.807, 2.05) is 18.5 Å². The molecule has 0 saturated carbocycles. The number of hydrogen-bond acceptors (Lipinski definition) is 4. The van der Waals surface area contributed by atoms with Gasteiger partial charge in [-0.25, -0.2) is 4.68 Å². The van der Waals surface area contributed by atoms with Gasteiger partial charge in [-0.1, -0.05) is 6.92 Å². The van der Waals surface area contributed by atoms with Crippen LogP contribution in [0.3, 0.4) is 0 Å². The molecule has 5 nitrogen and oxygen atoms in total. The molecule has 0 fully saturated rings. The summed E-state index contributed by atoms with van der Waals surface area (Å²) < 4.78 is 1.86. The molecule has 17 heavy (non-hydrogen) atoms. The maximum atomic E-state index is 9.98. The van der Waals surface area contributed by atoms with Gasteiger partial charge < -0.3 is 16.2 Å². The van der Waals surface area contributed by atoms with E-state index in [4.69, 9.17) is 5.73 Å². The summed E-state index contributed by atoms with van der Waals surface area (Å²) in [7, 11) is 0. The number of rotatable bonds is 5. The highest BCUT2D eigenvalue weighted by Crippen LogP contribution is 2.26. The first-order valence-corrected chi connectivity index (χ1v) is 6.09. The zero-order valence-electron chi connectivity index (χ0n) is 11.4. The Hall–Kier alpha value is -1.23. The highest BCUT2D eigenvalue weighted by atomic mass is 16.3. The van der Waals surface area contributed by atoms with E-state index < -0.39 is 5.60 Å². The number of aryl methyl sites for hydroxylation is 1. The lowest BCUT2D eigenvalue weighted by Gasteiger charge is -2.23. The lowest BCUT2D eigenvalue weighted by atomic mass is 10.0. The fourth-order valence-electron chi connectivity index (χ4n) is 1.51. The van der Waals surface area contributed by atoms with Crippen molar-refractivity contribution in [3.8, 4) is 0 Å².